The molecule has 0 atom stereocenters. The Morgan fingerprint density at radius 2 is 1.88 bits per heavy atom. The number of aromatic nitrogens is 3. The number of carboxylic acids is 1. The van der Waals surface area contributed by atoms with Crippen molar-refractivity contribution >= 4 is 11.9 Å². The zero-order valence-corrected chi connectivity index (χ0v) is 14.2. The summed E-state index contributed by atoms with van der Waals surface area (Å²) in [5.41, 5.74) is 1.58. The molecular weight excluding hydrogens is 336 g/mol. The van der Waals surface area contributed by atoms with Gasteiger partial charge in [-0.25, -0.2) is 14.5 Å². The number of hydrogen-bond acceptors (Lipinski definition) is 5. The highest BCUT2D eigenvalue weighted by atomic mass is 16.4. The van der Waals surface area contributed by atoms with Gasteiger partial charge in [0, 0.05) is 18.5 Å². The van der Waals surface area contributed by atoms with Crippen LogP contribution in [0, 0.1) is 0 Å². The number of carbonyl (C=O) groups is 2. The second-order valence-corrected chi connectivity index (χ2v) is 6.14. The van der Waals surface area contributed by atoms with E-state index in [4.69, 9.17) is 0 Å². The summed E-state index contributed by atoms with van der Waals surface area (Å²) in [5, 5.41) is 25.6. The van der Waals surface area contributed by atoms with Gasteiger partial charge in [-0.3, -0.25) is 4.79 Å². The van der Waals surface area contributed by atoms with Crippen molar-refractivity contribution in [1.82, 2.24) is 20.1 Å². The number of amides is 1. The van der Waals surface area contributed by atoms with E-state index >= 15 is 0 Å². The first-order valence-corrected chi connectivity index (χ1v) is 8.48. The molecule has 2 aromatic rings. The summed E-state index contributed by atoms with van der Waals surface area (Å²) in [4.78, 5) is 27.6. The second-order valence-electron chi connectivity index (χ2n) is 6.14. The lowest BCUT2D eigenvalue weighted by Crippen LogP contribution is -2.27. The fourth-order valence-corrected chi connectivity index (χ4v) is 2.88. The van der Waals surface area contributed by atoms with Crippen LogP contribution in [-0.4, -0.2) is 36.9 Å². The number of aliphatic carboxylic acids is 1. The van der Waals surface area contributed by atoms with E-state index in [-0.39, 0.29) is 18.1 Å². The van der Waals surface area contributed by atoms with Crippen LogP contribution in [0.1, 0.15) is 37.9 Å². The van der Waals surface area contributed by atoms with Crippen molar-refractivity contribution in [2.45, 2.75) is 38.5 Å². The van der Waals surface area contributed by atoms with E-state index in [0.717, 1.165) is 18.5 Å². The summed E-state index contributed by atoms with van der Waals surface area (Å²) in [5.74, 6) is -0.510. The van der Waals surface area contributed by atoms with E-state index in [1.807, 2.05) is 0 Å². The largest absolute Gasteiger partial charge is 0.508 e. The molecule has 8 nitrogen and oxygen atoms in total. The monoisotopic (exact) mass is 356 g/mol. The van der Waals surface area contributed by atoms with Gasteiger partial charge in [0.25, 0.3) is 0 Å². The van der Waals surface area contributed by atoms with E-state index in [0.29, 0.717) is 36.4 Å². The Kier molecular flexibility index (Phi) is 5.31. The zero-order valence-electron chi connectivity index (χ0n) is 14.2. The molecule has 0 bridgehead atoms. The first-order valence-electron chi connectivity index (χ1n) is 8.48. The average Bonchev–Trinajstić information content (AvgIpc) is 3.10. The third kappa shape index (κ3) is 4.27. The molecule has 1 aliphatic carbocycles. The van der Waals surface area contributed by atoms with Crippen LogP contribution in [0.2, 0.25) is 0 Å². The number of rotatable bonds is 6. The topological polar surface area (TPSA) is 117 Å². The lowest BCUT2D eigenvalue weighted by atomic mass is 9.96. The number of nitrogens with zero attached hydrogens (tertiary/aromatic N) is 3. The molecule has 0 fully saturated rings. The standard InChI is InChI=1S/C18H20N4O4/c23-13-7-5-12(6-8-13)22-11-19-16(21-22)9-10-17(24)20-15-4-2-1-3-14(15)18(25)26/h5-8,11,23H,1-4,9-10H2,(H,20,24)(H,25,26). The van der Waals surface area contributed by atoms with E-state index in [1.54, 1.807) is 35.3 Å². The minimum atomic E-state index is -0.964. The molecule has 136 valence electrons. The number of phenols is 1. The van der Waals surface area contributed by atoms with Gasteiger partial charge < -0.3 is 15.5 Å². The van der Waals surface area contributed by atoms with Gasteiger partial charge in [0.05, 0.1) is 11.3 Å². The van der Waals surface area contributed by atoms with Gasteiger partial charge in [0.15, 0.2) is 5.82 Å². The number of benzene rings is 1. The van der Waals surface area contributed by atoms with Gasteiger partial charge >= 0.3 is 5.97 Å². The summed E-state index contributed by atoms with van der Waals surface area (Å²) >= 11 is 0. The fraction of sp³-hybridized carbons (Fsp3) is 0.333. The predicted octanol–water partition coefficient (Wildman–Crippen LogP) is 1.93. The van der Waals surface area contributed by atoms with Crippen LogP contribution in [0.4, 0.5) is 0 Å². The minimum Gasteiger partial charge on any atom is -0.508 e. The summed E-state index contributed by atoms with van der Waals surface area (Å²) in [6.07, 6.45) is 4.86. The van der Waals surface area contributed by atoms with Crippen molar-refractivity contribution in [2.75, 3.05) is 0 Å². The summed E-state index contributed by atoms with van der Waals surface area (Å²) in [7, 11) is 0. The van der Waals surface area contributed by atoms with Crippen LogP contribution in [0.25, 0.3) is 5.69 Å². The van der Waals surface area contributed by atoms with Gasteiger partial charge in [-0.05, 0) is 49.9 Å². The van der Waals surface area contributed by atoms with E-state index in [9.17, 15) is 19.8 Å². The summed E-state index contributed by atoms with van der Waals surface area (Å²) in [6, 6.07) is 6.54. The van der Waals surface area contributed by atoms with Crippen LogP contribution in [-0.2, 0) is 16.0 Å². The lowest BCUT2D eigenvalue weighted by Gasteiger charge is -2.18. The number of allylic oxidation sites excluding steroid dienone is 1. The molecule has 0 aliphatic heterocycles. The van der Waals surface area contributed by atoms with Gasteiger partial charge in [-0.15, -0.1) is 0 Å². The maximum absolute atomic E-state index is 12.1. The first-order chi connectivity index (χ1) is 12.5. The molecule has 0 radical (unpaired) electrons. The van der Waals surface area contributed by atoms with E-state index < -0.39 is 5.97 Å². The molecular formula is C18H20N4O4. The molecule has 0 unspecified atom stereocenters. The molecule has 1 aromatic heterocycles. The van der Waals surface area contributed by atoms with Crippen molar-refractivity contribution in [1.29, 1.82) is 0 Å². The van der Waals surface area contributed by atoms with Crippen LogP contribution in [0.15, 0.2) is 41.9 Å². The van der Waals surface area contributed by atoms with Crippen LogP contribution in [0.5, 0.6) is 5.75 Å². The first kappa shape index (κ1) is 17.7. The maximum Gasteiger partial charge on any atom is 0.333 e. The van der Waals surface area contributed by atoms with Crippen molar-refractivity contribution < 1.29 is 19.8 Å². The third-order valence-electron chi connectivity index (χ3n) is 4.25. The third-order valence-corrected chi connectivity index (χ3v) is 4.25. The fourth-order valence-electron chi connectivity index (χ4n) is 2.88. The number of carbonyl (C=O) groups excluding carboxylic acids is 1. The Bertz CT molecular complexity index is 839. The normalized spacial score (nSPS) is 14.3. The minimum absolute atomic E-state index is 0.170. The second kappa shape index (κ2) is 7.81. The Balaban J connectivity index is 1.58. The van der Waals surface area contributed by atoms with Crippen molar-refractivity contribution in [2.24, 2.45) is 0 Å². The molecule has 0 saturated heterocycles. The predicted molar refractivity (Wildman–Crippen MR) is 92.6 cm³/mol. The van der Waals surface area contributed by atoms with Gasteiger partial charge in [-0.2, -0.15) is 5.10 Å². The Labute approximate surface area is 150 Å². The van der Waals surface area contributed by atoms with Crippen molar-refractivity contribution in [3.8, 4) is 11.4 Å². The summed E-state index contributed by atoms with van der Waals surface area (Å²) < 4.78 is 1.57. The Morgan fingerprint density at radius 3 is 2.62 bits per heavy atom. The van der Waals surface area contributed by atoms with Crippen LogP contribution in [0.3, 0.4) is 0 Å². The molecule has 1 heterocycles. The highest BCUT2D eigenvalue weighted by molar-refractivity contribution is 5.89. The molecule has 1 amide bonds. The molecule has 0 saturated carbocycles. The molecule has 3 N–H and O–H groups in total. The van der Waals surface area contributed by atoms with Crippen LogP contribution < -0.4 is 5.32 Å². The van der Waals surface area contributed by atoms with E-state index in [2.05, 4.69) is 15.4 Å². The molecule has 1 aromatic carbocycles. The van der Waals surface area contributed by atoms with Gasteiger partial charge in [0.1, 0.15) is 12.1 Å². The highest BCUT2D eigenvalue weighted by Gasteiger charge is 2.20. The smallest absolute Gasteiger partial charge is 0.333 e. The molecule has 26 heavy (non-hydrogen) atoms. The number of aromatic hydroxyl groups is 1. The number of carboxylic acid groups (broad SMARTS) is 1. The van der Waals surface area contributed by atoms with E-state index in [1.165, 1.54) is 0 Å². The Morgan fingerprint density at radius 1 is 1.15 bits per heavy atom. The molecule has 0 spiro atoms. The van der Waals surface area contributed by atoms with Gasteiger partial charge in [0.2, 0.25) is 5.91 Å². The lowest BCUT2D eigenvalue weighted by molar-refractivity contribution is -0.133. The quantitative estimate of drug-likeness (QED) is 0.728. The molecule has 8 heteroatoms. The molecule has 3 rings (SSSR count). The SMILES string of the molecule is O=C(CCc1ncn(-c2ccc(O)cc2)n1)NC1=C(C(=O)O)CCCC1. The zero-order chi connectivity index (χ0) is 18.5. The number of hydrogen-bond donors (Lipinski definition) is 3. The number of aryl methyl sites for hydroxylation is 1. The van der Waals surface area contributed by atoms with Crippen molar-refractivity contribution in [3.63, 3.8) is 0 Å². The van der Waals surface area contributed by atoms with Crippen LogP contribution >= 0.6 is 0 Å². The summed E-state index contributed by atoms with van der Waals surface area (Å²) in [6.45, 7) is 0. The maximum atomic E-state index is 12.1. The number of nitrogens with one attached hydrogen (secondary N) is 1. The van der Waals surface area contributed by atoms with Gasteiger partial charge in [-0.1, -0.05) is 0 Å². The average molecular weight is 356 g/mol. The highest BCUT2D eigenvalue weighted by Crippen LogP contribution is 2.23. The van der Waals surface area contributed by atoms with Crippen molar-refractivity contribution in [3.05, 3.63) is 47.7 Å². The number of phenolic OH excluding ortho intramolecular Hbond substituents is 1. The molecule has 1 aliphatic rings. The Hall–Kier alpha value is -3.16.